The molecule has 1 amide bonds. The van der Waals surface area contributed by atoms with Gasteiger partial charge in [-0.1, -0.05) is 0 Å². The van der Waals surface area contributed by atoms with E-state index in [1.54, 1.807) is 12.1 Å². The molecule has 1 heterocycles. The number of halogens is 1. The molecule has 1 aromatic rings. The first kappa shape index (κ1) is 13.9. The second kappa shape index (κ2) is 5.37. The summed E-state index contributed by atoms with van der Waals surface area (Å²) in [6, 6.07) is 5.15. The molecule has 1 saturated carbocycles. The molecule has 1 aromatic carbocycles. The first-order chi connectivity index (χ1) is 9.58. The molecule has 1 aliphatic carbocycles. The van der Waals surface area contributed by atoms with E-state index in [1.807, 2.05) is 0 Å². The normalized spacial score (nSPS) is 24.1. The number of hydrogen-bond acceptors (Lipinski definition) is 3. The highest BCUT2D eigenvalue weighted by atomic mass is 79.9. The van der Waals surface area contributed by atoms with Gasteiger partial charge in [0, 0.05) is 17.1 Å². The van der Waals surface area contributed by atoms with Crippen LogP contribution in [0.4, 0.5) is 0 Å². The number of rotatable bonds is 2. The van der Waals surface area contributed by atoms with Gasteiger partial charge in [0.05, 0.1) is 4.47 Å². The highest BCUT2D eigenvalue weighted by Crippen LogP contribution is 2.38. The maximum absolute atomic E-state index is 12.2. The Morgan fingerprint density at radius 2 is 2.25 bits per heavy atom. The van der Waals surface area contributed by atoms with Gasteiger partial charge in [0.15, 0.2) is 0 Å². The fourth-order valence-corrected chi connectivity index (χ4v) is 3.43. The first-order valence-electron chi connectivity index (χ1n) is 7.12. The Bertz CT molecular complexity index is 529. The van der Waals surface area contributed by atoms with Crippen LogP contribution in [-0.4, -0.2) is 29.1 Å². The summed E-state index contributed by atoms with van der Waals surface area (Å²) in [5.41, 5.74) is 0.782. The number of amides is 1. The molecule has 0 bridgehead atoms. The number of nitrogens with one attached hydrogen (secondary N) is 2. The number of piperidine rings is 1. The summed E-state index contributed by atoms with van der Waals surface area (Å²) < 4.78 is 0.601. The van der Waals surface area contributed by atoms with Crippen molar-refractivity contribution in [3.05, 3.63) is 28.2 Å². The number of benzene rings is 1. The van der Waals surface area contributed by atoms with Gasteiger partial charge in [-0.15, -0.1) is 0 Å². The lowest BCUT2D eigenvalue weighted by molar-refractivity contribution is 0.0852. The maximum atomic E-state index is 12.2. The van der Waals surface area contributed by atoms with E-state index < -0.39 is 0 Å². The standard InChI is InChI=1S/C15H19BrN2O2/c16-12-3-2-10(8-13(12)19)14(20)18-11-4-7-17-15(9-11)5-1-6-15/h2-3,8,11,17,19H,1,4-7,9H2,(H,18,20). The SMILES string of the molecule is O=C(NC1CCNC2(CCC2)C1)c1ccc(Br)c(O)c1. The lowest BCUT2D eigenvalue weighted by Gasteiger charge is -2.48. The summed E-state index contributed by atoms with van der Waals surface area (Å²) in [6.45, 7) is 0.969. The zero-order valence-electron chi connectivity index (χ0n) is 11.3. The highest BCUT2D eigenvalue weighted by Gasteiger charge is 2.41. The van der Waals surface area contributed by atoms with E-state index in [2.05, 4.69) is 26.6 Å². The van der Waals surface area contributed by atoms with Crippen molar-refractivity contribution >= 4 is 21.8 Å². The molecular formula is C15H19BrN2O2. The maximum Gasteiger partial charge on any atom is 0.251 e. The van der Waals surface area contributed by atoms with Crippen molar-refractivity contribution in [3.8, 4) is 5.75 Å². The third-order valence-corrected chi connectivity index (χ3v) is 5.15. The summed E-state index contributed by atoms with van der Waals surface area (Å²) in [7, 11) is 0. The van der Waals surface area contributed by atoms with Gasteiger partial charge in [0.2, 0.25) is 0 Å². The van der Waals surface area contributed by atoms with Crippen molar-refractivity contribution in [2.24, 2.45) is 0 Å². The first-order valence-corrected chi connectivity index (χ1v) is 7.92. The Morgan fingerprint density at radius 1 is 1.45 bits per heavy atom. The minimum Gasteiger partial charge on any atom is -0.507 e. The number of carbonyl (C=O) groups is 1. The molecule has 0 radical (unpaired) electrons. The van der Waals surface area contributed by atoms with Gasteiger partial charge < -0.3 is 15.7 Å². The number of phenols is 1. The van der Waals surface area contributed by atoms with Crippen molar-refractivity contribution in [1.29, 1.82) is 0 Å². The summed E-state index contributed by atoms with van der Waals surface area (Å²) in [5.74, 6) is -0.00685. The van der Waals surface area contributed by atoms with Gasteiger partial charge in [-0.2, -0.15) is 0 Å². The molecule has 1 saturated heterocycles. The molecule has 1 atom stereocenters. The Hall–Kier alpha value is -1.07. The molecule has 1 aliphatic heterocycles. The van der Waals surface area contributed by atoms with E-state index in [1.165, 1.54) is 25.3 Å². The second-order valence-electron chi connectivity index (χ2n) is 5.89. The fourth-order valence-electron chi connectivity index (χ4n) is 3.19. The Labute approximate surface area is 127 Å². The van der Waals surface area contributed by atoms with E-state index in [0.29, 0.717) is 10.0 Å². The number of carbonyl (C=O) groups excluding carboxylic acids is 1. The third kappa shape index (κ3) is 2.69. The van der Waals surface area contributed by atoms with Crippen LogP contribution in [0.3, 0.4) is 0 Å². The lowest BCUT2D eigenvalue weighted by atomic mass is 9.70. The van der Waals surface area contributed by atoms with Gasteiger partial charge in [-0.05, 0) is 72.8 Å². The number of aromatic hydroxyl groups is 1. The van der Waals surface area contributed by atoms with Crippen LogP contribution in [0.25, 0.3) is 0 Å². The van der Waals surface area contributed by atoms with E-state index in [9.17, 15) is 9.90 Å². The highest BCUT2D eigenvalue weighted by molar-refractivity contribution is 9.10. The molecule has 1 spiro atoms. The van der Waals surface area contributed by atoms with Crippen LogP contribution in [-0.2, 0) is 0 Å². The molecule has 4 nitrogen and oxygen atoms in total. The van der Waals surface area contributed by atoms with Crippen molar-refractivity contribution < 1.29 is 9.90 Å². The van der Waals surface area contributed by atoms with Gasteiger partial charge in [-0.25, -0.2) is 0 Å². The van der Waals surface area contributed by atoms with E-state index >= 15 is 0 Å². The average Bonchev–Trinajstić information content (AvgIpc) is 2.40. The van der Waals surface area contributed by atoms with Crippen molar-refractivity contribution in [2.45, 2.75) is 43.7 Å². The largest absolute Gasteiger partial charge is 0.507 e. The Balaban J connectivity index is 1.64. The lowest BCUT2D eigenvalue weighted by Crippen LogP contribution is -2.59. The fraction of sp³-hybridized carbons (Fsp3) is 0.533. The predicted molar refractivity (Wildman–Crippen MR) is 80.9 cm³/mol. The molecule has 2 fully saturated rings. The van der Waals surface area contributed by atoms with Gasteiger partial charge in [0.1, 0.15) is 5.75 Å². The summed E-state index contributed by atoms with van der Waals surface area (Å²) in [6.07, 6.45) is 5.71. The van der Waals surface area contributed by atoms with Crippen molar-refractivity contribution in [1.82, 2.24) is 10.6 Å². The van der Waals surface area contributed by atoms with Crippen molar-refractivity contribution in [3.63, 3.8) is 0 Å². The molecule has 5 heteroatoms. The Morgan fingerprint density at radius 3 is 2.90 bits per heavy atom. The summed E-state index contributed by atoms with van der Waals surface area (Å²) >= 11 is 3.22. The predicted octanol–water partition coefficient (Wildman–Crippen LogP) is 2.56. The average molecular weight is 339 g/mol. The molecule has 0 aromatic heterocycles. The molecule has 1 unspecified atom stereocenters. The van der Waals surface area contributed by atoms with Gasteiger partial charge in [0.25, 0.3) is 5.91 Å². The Kier molecular flexibility index (Phi) is 3.73. The van der Waals surface area contributed by atoms with E-state index in [0.717, 1.165) is 19.4 Å². The second-order valence-corrected chi connectivity index (χ2v) is 6.74. The molecule has 3 N–H and O–H groups in total. The summed E-state index contributed by atoms with van der Waals surface area (Å²) in [4.78, 5) is 12.2. The minimum atomic E-state index is -0.103. The smallest absolute Gasteiger partial charge is 0.251 e. The molecule has 108 valence electrons. The number of phenolic OH excluding ortho intramolecular Hbond substituents is 1. The van der Waals surface area contributed by atoms with Crippen LogP contribution in [0.1, 0.15) is 42.5 Å². The van der Waals surface area contributed by atoms with Crippen LogP contribution in [0.5, 0.6) is 5.75 Å². The van der Waals surface area contributed by atoms with E-state index in [4.69, 9.17) is 0 Å². The quantitative estimate of drug-likeness (QED) is 0.776. The summed E-state index contributed by atoms with van der Waals surface area (Å²) in [5, 5.41) is 16.3. The minimum absolute atomic E-state index is 0.0958. The van der Waals surface area contributed by atoms with Crippen LogP contribution in [0.15, 0.2) is 22.7 Å². The number of hydrogen-bond donors (Lipinski definition) is 3. The molecule has 2 aliphatic rings. The van der Waals surface area contributed by atoms with Crippen LogP contribution in [0.2, 0.25) is 0 Å². The van der Waals surface area contributed by atoms with Crippen LogP contribution >= 0.6 is 15.9 Å². The zero-order valence-corrected chi connectivity index (χ0v) is 12.9. The molecule has 20 heavy (non-hydrogen) atoms. The zero-order chi connectivity index (χ0) is 14.2. The van der Waals surface area contributed by atoms with Gasteiger partial charge >= 0.3 is 0 Å². The monoisotopic (exact) mass is 338 g/mol. The van der Waals surface area contributed by atoms with Crippen molar-refractivity contribution in [2.75, 3.05) is 6.54 Å². The molecular weight excluding hydrogens is 320 g/mol. The van der Waals surface area contributed by atoms with Gasteiger partial charge in [-0.3, -0.25) is 4.79 Å². The van der Waals surface area contributed by atoms with Crippen LogP contribution in [0, 0.1) is 0 Å². The van der Waals surface area contributed by atoms with E-state index in [-0.39, 0.29) is 23.2 Å². The third-order valence-electron chi connectivity index (χ3n) is 4.48. The molecule has 3 rings (SSSR count). The topological polar surface area (TPSA) is 61.4 Å². The van der Waals surface area contributed by atoms with Crippen LogP contribution < -0.4 is 10.6 Å².